The number of hydrogen-bond donors (Lipinski definition) is 2. The van der Waals surface area contributed by atoms with Crippen LogP contribution in [0.2, 0.25) is 0 Å². The van der Waals surface area contributed by atoms with Crippen LogP contribution in [-0.4, -0.2) is 33.9 Å². The first kappa shape index (κ1) is 16.7. The smallest absolute Gasteiger partial charge is 0.407 e. The molecule has 0 aliphatic heterocycles. The van der Waals surface area contributed by atoms with Crippen molar-refractivity contribution in [1.29, 1.82) is 0 Å². The first-order valence-electron chi connectivity index (χ1n) is 6.60. The van der Waals surface area contributed by atoms with Gasteiger partial charge in [0.05, 0.1) is 0 Å². The topological polar surface area (TPSA) is 97.6 Å². The number of hydrogen-bond acceptors (Lipinski definition) is 4. The van der Waals surface area contributed by atoms with Crippen LogP contribution in [0.25, 0.3) is 0 Å². The van der Waals surface area contributed by atoms with Crippen LogP contribution in [0.15, 0.2) is 23.1 Å². The van der Waals surface area contributed by atoms with Gasteiger partial charge in [-0.1, -0.05) is 0 Å². The van der Waals surface area contributed by atoms with Crippen LogP contribution in [0.3, 0.4) is 0 Å². The molecule has 7 nitrogen and oxygen atoms in total. The number of nitrogens with one attached hydrogen (secondary N) is 1. The van der Waals surface area contributed by atoms with Gasteiger partial charge in [-0.2, -0.15) is 0 Å². The number of ether oxygens (including phenoxy) is 1. The Labute approximate surface area is 122 Å². The number of amides is 1. The molecule has 0 aliphatic carbocycles. The second-order valence-corrected chi connectivity index (χ2v) is 5.51. The zero-order chi connectivity index (χ0) is 16.0. The van der Waals surface area contributed by atoms with Crippen LogP contribution in [0.4, 0.5) is 4.79 Å². The van der Waals surface area contributed by atoms with Crippen molar-refractivity contribution in [2.75, 3.05) is 6.54 Å². The van der Waals surface area contributed by atoms with Crippen molar-refractivity contribution in [2.24, 2.45) is 0 Å². The number of carbonyl (C=O) groups is 2. The Morgan fingerprint density at radius 3 is 2.62 bits per heavy atom. The van der Waals surface area contributed by atoms with E-state index < -0.39 is 23.2 Å². The van der Waals surface area contributed by atoms with Gasteiger partial charge in [-0.15, -0.1) is 0 Å². The lowest BCUT2D eigenvalue weighted by Crippen LogP contribution is -2.33. The van der Waals surface area contributed by atoms with E-state index in [-0.39, 0.29) is 5.56 Å². The fourth-order valence-corrected chi connectivity index (χ4v) is 1.63. The highest BCUT2D eigenvalue weighted by atomic mass is 16.6. The Balaban J connectivity index is 2.47. The van der Waals surface area contributed by atoms with Gasteiger partial charge in [0.15, 0.2) is 0 Å². The number of alkyl carbamates (subject to hydrolysis) is 1. The SMILES string of the molecule is CC(C)(C)OC(=O)NCCCn1cccc(C(=O)O)c1=O. The summed E-state index contributed by atoms with van der Waals surface area (Å²) in [5.74, 6) is -1.25. The van der Waals surface area contributed by atoms with E-state index >= 15 is 0 Å². The lowest BCUT2D eigenvalue weighted by molar-refractivity contribution is 0.0526. The number of aryl methyl sites for hydroxylation is 1. The highest BCUT2D eigenvalue weighted by Crippen LogP contribution is 2.06. The number of pyridine rings is 1. The van der Waals surface area contributed by atoms with Crippen LogP contribution >= 0.6 is 0 Å². The third-order valence-corrected chi connectivity index (χ3v) is 2.49. The summed E-state index contributed by atoms with van der Waals surface area (Å²) in [6, 6.07) is 2.77. The van der Waals surface area contributed by atoms with E-state index in [4.69, 9.17) is 9.84 Å². The van der Waals surface area contributed by atoms with Crippen molar-refractivity contribution in [3.05, 3.63) is 34.2 Å². The number of aromatic nitrogens is 1. The van der Waals surface area contributed by atoms with E-state index in [1.165, 1.54) is 22.9 Å². The fraction of sp³-hybridized carbons (Fsp3) is 0.500. The first-order valence-corrected chi connectivity index (χ1v) is 6.60. The average molecular weight is 296 g/mol. The molecule has 0 spiro atoms. The standard InChI is InChI=1S/C14H20N2O5/c1-14(2,3)21-13(20)15-7-5-9-16-8-4-6-10(11(16)17)12(18)19/h4,6,8H,5,7,9H2,1-3H3,(H,15,20)(H,18,19). The first-order chi connectivity index (χ1) is 9.70. The van der Waals surface area contributed by atoms with Gasteiger partial charge in [0.2, 0.25) is 0 Å². The highest BCUT2D eigenvalue weighted by molar-refractivity contribution is 5.86. The summed E-state index contributed by atoms with van der Waals surface area (Å²) in [5, 5.41) is 11.4. The number of carbonyl (C=O) groups excluding carboxylic acids is 1. The van der Waals surface area contributed by atoms with Crippen LogP contribution in [0, 0.1) is 0 Å². The van der Waals surface area contributed by atoms with Gasteiger partial charge in [0.25, 0.3) is 5.56 Å². The molecule has 0 aliphatic rings. The summed E-state index contributed by atoms with van der Waals surface area (Å²) in [4.78, 5) is 34.0. The molecule has 2 N–H and O–H groups in total. The Morgan fingerprint density at radius 2 is 2.05 bits per heavy atom. The maximum Gasteiger partial charge on any atom is 0.407 e. The molecular weight excluding hydrogens is 276 g/mol. The molecule has 1 aromatic heterocycles. The summed E-state index contributed by atoms with van der Waals surface area (Å²) in [6.45, 7) is 5.95. The van der Waals surface area contributed by atoms with E-state index in [0.29, 0.717) is 19.5 Å². The molecular formula is C14H20N2O5. The molecule has 0 atom stereocenters. The van der Waals surface area contributed by atoms with E-state index in [1.54, 1.807) is 20.8 Å². The number of aromatic carboxylic acids is 1. The van der Waals surface area contributed by atoms with Crippen molar-refractivity contribution in [3.63, 3.8) is 0 Å². The molecule has 1 rings (SSSR count). The van der Waals surface area contributed by atoms with Crippen LogP contribution in [-0.2, 0) is 11.3 Å². The zero-order valence-corrected chi connectivity index (χ0v) is 12.4. The summed E-state index contributed by atoms with van der Waals surface area (Å²) in [6.07, 6.45) is 1.49. The van der Waals surface area contributed by atoms with Gasteiger partial charge in [-0.3, -0.25) is 4.79 Å². The van der Waals surface area contributed by atoms with E-state index in [9.17, 15) is 14.4 Å². The van der Waals surface area contributed by atoms with Gasteiger partial charge in [-0.05, 0) is 39.3 Å². The lowest BCUT2D eigenvalue weighted by Gasteiger charge is -2.19. The Kier molecular flexibility index (Phi) is 5.52. The maximum atomic E-state index is 11.8. The van der Waals surface area contributed by atoms with Crippen molar-refractivity contribution < 1.29 is 19.4 Å². The molecule has 7 heteroatoms. The molecule has 0 aromatic carbocycles. The maximum absolute atomic E-state index is 11.8. The van der Waals surface area contributed by atoms with E-state index in [0.717, 1.165) is 0 Å². The number of rotatable bonds is 5. The minimum Gasteiger partial charge on any atom is -0.477 e. The third-order valence-electron chi connectivity index (χ3n) is 2.49. The van der Waals surface area contributed by atoms with Crippen molar-refractivity contribution in [1.82, 2.24) is 9.88 Å². The number of carboxylic acids is 1. The average Bonchev–Trinajstić information content (AvgIpc) is 2.33. The second kappa shape index (κ2) is 6.92. The van der Waals surface area contributed by atoms with Crippen molar-refractivity contribution in [3.8, 4) is 0 Å². The Hall–Kier alpha value is -2.31. The predicted octanol–water partition coefficient (Wildman–Crippen LogP) is 1.46. The molecule has 1 amide bonds. The Morgan fingerprint density at radius 1 is 1.38 bits per heavy atom. The monoisotopic (exact) mass is 296 g/mol. The molecule has 0 bridgehead atoms. The summed E-state index contributed by atoms with van der Waals surface area (Å²) in [5.41, 5.74) is -1.38. The summed E-state index contributed by atoms with van der Waals surface area (Å²) < 4.78 is 6.37. The minimum absolute atomic E-state index is 0.266. The molecule has 116 valence electrons. The molecule has 0 fully saturated rings. The molecule has 0 unspecified atom stereocenters. The van der Waals surface area contributed by atoms with Gasteiger partial charge < -0.3 is 19.7 Å². The second-order valence-electron chi connectivity index (χ2n) is 5.51. The summed E-state index contributed by atoms with van der Waals surface area (Å²) in [7, 11) is 0. The van der Waals surface area contributed by atoms with Gasteiger partial charge in [0, 0.05) is 19.3 Å². The quantitative estimate of drug-likeness (QED) is 0.802. The normalized spacial score (nSPS) is 11.0. The van der Waals surface area contributed by atoms with Gasteiger partial charge >= 0.3 is 12.1 Å². The molecule has 0 saturated carbocycles. The lowest BCUT2D eigenvalue weighted by atomic mass is 10.2. The summed E-state index contributed by atoms with van der Waals surface area (Å²) >= 11 is 0. The van der Waals surface area contributed by atoms with E-state index in [1.807, 2.05) is 0 Å². The van der Waals surface area contributed by atoms with Crippen molar-refractivity contribution >= 4 is 12.1 Å². The molecule has 0 saturated heterocycles. The number of nitrogens with zero attached hydrogens (tertiary/aromatic N) is 1. The minimum atomic E-state index is -1.25. The van der Waals surface area contributed by atoms with Crippen LogP contribution in [0.1, 0.15) is 37.6 Å². The third kappa shape index (κ3) is 5.68. The fourth-order valence-electron chi connectivity index (χ4n) is 1.63. The molecule has 1 aromatic rings. The molecule has 1 heterocycles. The van der Waals surface area contributed by atoms with Crippen LogP contribution in [0.5, 0.6) is 0 Å². The Bertz CT molecular complexity index is 571. The highest BCUT2D eigenvalue weighted by Gasteiger charge is 2.15. The van der Waals surface area contributed by atoms with Gasteiger partial charge in [0.1, 0.15) is 11.2 Å². The molecule has 21 heavy (non-hydrogen) atoms. The largest absolute Gasteiger partial charge is 0.477 e. The van der Waals surface area contributed by atoms with Crippen LogP contribution < -0.4 is 10.9 Å². The zero-order valence-electron chi connectivity index (χ0n) is 12.4. The van der Waals surface area contributed by atoms with E-state index in [2.05, 4.69) is 5.32 Å². The predicted molar refractivity (Wildman–Crippen MR) is 76.5 cm³/mol. The van der Waals surface area contributed by atoms with Crippen molar-refractivity contribution in [2.45, 2.75) is 39.3 Å². The molecule has 0 radical (unpaired) electrons. The van der Waals surface area contributed by atoms with Gasteiger partial charge in [-0.25, -0.2) is 9.59 Å². The number of carboxylic acid groups (broad SMARTS) is 1.